The molecule has 2 atom stereocenters. The highest BCUT2D eigenvalue weighted by Gasteiger charge is 2.27. The van der Waals surface area contributed by atoms with E-state index >= 15 is 0 Å². The lowest BCUT2D eigenvalue weighted by molar-refractivity contribution is 0.531. The number of nitrogens with one attached hydrogen (secondary N) is 1. The van der Waals surface area contributed by atoms with Crippen LogP contribution in [0.15, 0.2) is 24.3 Å². The summed E-state index contributed by atoms with van der Waals surface area (Å²) in [7, 11) is 0. The fourth-order valence-corrected chi connectivity index (χ4v) is 3.03. The molecule has 1 saturated heterocycles. The Balaban J connectivity index is 1.77. The van der Waals surface area contributed by atoms with Crippen LogP contribution < -0.4 is 5.32 Å². The summed E-state index contributed by atoms with van der Waals surface area (Å²) in [6, 6.07) is 10.2. The van der Waals surface area contributed by atoms with E-state index < -0.39 is 0 Å². The van der Waals surface area contributed by atoms with Crippen LogP contribution in [-0.4, -0.2) is 12.6 Å². The minimum Gasteiger partial charge on any atom is -0.313 e. The lowest BCUT2D eigenvalue weighted by Gasteiger charge is -2.18. The standard InChI is InChI=1S/C15H21N/c1-2-15-14(9-10-16-15)13-7-5-12(6-8-13)11-3-4-11/h5-8,11,14-16H,2-4,9-10H2,1H3. The molecule has 86 valence electrons. The Morgan fingerprint density at radius 3 is 2.38 bits per heavy atom. The first-order valence-corrected chi connectivity index (χ1v) is 6.71. The van der Waals surface area contributed by atoms with Gasteiger partial charge >= 0.3 is 0 Å². The van der Waals surface area contributed by atoms with Crippen molar-refractivity contribution in [1.82, 2.24) is 5.32 Å². The summed E-state index contributed by atoms with van der Waals surface area (Å²) in [6.45, 7) is 3.47. The molecule has 1 aromatic rings. The average molecular weight is 215 g/mol. The third-order valence-electron chi connectivity index (χ3n) is 4.20. The van der Waals surface area contributed by atoms with E-state index in [0.717, 1.165) is 11.8 Å². The summed E-state index contributed by atoms with van der Waals surface area (Å²) in [5, 5.41) is 3.60. The SMILES string of the molecule is CCC1NCCC1c1ccc(C2CC2)cc1. The number of rotatable bonds is 3. The first kappa shape index (κ1) is 10.3. The first-order chi connectivity index (χ1) is 7.88. The molecule has 16 heavy (non-hydrogen) atoms. The molecular formula is C15H21N. The highest BCUT2D eigenvalue weighted by atomic mass is 14.9. The molecule has 1 N–H and O–H groups in total. The third kappa shape index (κ3) is 1.89. The molecule has 2 unspecified atom stereocenters. The lowest BCUT2D eigenvalue weighted by atomic mass is 9.90. The van der Waals surface area contributed by atoms with Crippen molar-refractivity contribution < 1.29 is 0 Å². The maximum Gasteiger partial charge on any atom is 0.0134 e. The number of benzene rings is 1. The van der Waals surface area contributed by atoms with Crippen molar-refractivity contribution in [1.29, 1.82) is 0 Å². The summed E-state index contributed by atoms with van der Waals surface area (Å²) in [4.78, 5) is 0. The van der Waals surface area contributed by atoms with Gasteiger partial charge in [-0.05, 0) is 49.3 Å². The molecule has 0 amide bonds. The zero-order valence-corrected chi connectivity index (χ0v) is 10.1. The maximum absolute atomic E-state index is 3.60. The van der Waals surface area contributed by atoms with Gasteiger partial charge in [-0.2, -0.15) is 0 Å². The van der Waals surface area contributed by atoms with Crippen LogP contribution in [0.3, 0.4) is 0 Å². The van der Waals surface area contributed by atoms with Crippen LogP contribution >= 0.6 is 0 Å². The molecule has 0 radical (unpaired) electrons. The van der Waals surface area contributed by atoms with Crippen LogP contribution in [0.1, 0.15) is 55.6 Å². The molecule has 3 rings (SSSR count). The largest absolute Gasteiger partial charge is 0.313 e. The zero-order valence-electron chi connectivity index (χ0n) is 10.1. The van der Waals surface area contributed by atoms with Gasteiger partial charge in [0.25, 0.3) is 0 Å². The van der Waals surface area contributed by atoms with Crippen molar-refractivity contribution >= 4 is 0 Å². The van der Waals surface area contributed by atoms with Crippen molar-refractivity contribution in [3.05, 3.63) is 35.4 Å². The topological polar surface area (TPSA) is 12.0 Å². The molecule has 0 spiro atoms. The predicted molar refractivity (Wildman–Crippen MR) is 67.9 cm³/mol. The van der Waals surface area contributed by atoms with Gasteiger partial charge in [0.2, 0.25) is 0 Å². The van der Waals surface area contributed by atoms with Crippen molar-refractivity contribution in [3.63, 3.8) is 0 Å². The van der Waals surface area contributed by atoms with E-state index in [-0.39, 0.29) is 0 Å². The number of hydrogen-bond donors (Lipinski definition) is 1. The van der Waals surface area contributed by atoms with Gasteiger partial charge in [0, 0.05) is 12.0 Å². The van der Waals surface area contributed by atoms with Gasteiger partial charge in [-0.25, -0.2) is 0 Å². The average Bonchev–Trinajstić information content (AvgIpc) is 3.07. The number of hydrogen-bond acceptors (Lipinski definition) is 1. The highest BCUT2D eigenvalue weighted by Crippen LogP contribution is 2.40. The second kappa shape index (κ2) is 4.21. The Kier molecular flexibility index (Phi) is 2.72. The van der Waals surface area contributed by atoms with Crippen LogP contribution in [0.25, 0.3) is 0 Å². The minimum atomic E-state index is 0.701. The van der Waals surface area contributed by atoms with E-state index in [9.17, 15) is 0 Å². The molecule has 1 saturated carbocycles. The molecule has 0 aromatic heterocycles. The Morgan fingerprint density at radius 2 is 1.75 bits per heavy atom. The summed E-state index contributed by atoms with van der Waals surface area (Å²) in [5.74, 6) is 1.64. The van der Waals surface area contributed by atoms with Gasteiger partial charge in [0.05, 0.1) is 0 Å². The minimum absolute atomic E-state index is 0.701. The molecule has 2 aliphatic rings. The molecule has 1 nitrogen and oxygen atoms in total. The molecule has 2 fully saturated rings. The molecule has 1 aliphatic heterocycles. The summed E-state index contributed by atoms with van der Waals surface area (Å²) < 4.78 is 0. The van der Waals surface area contributed by atoms with E-state index in [1.807, 2.05) is 0 Å². The molecule has 1 heterocycles. The first-order valence-electron chi connectivity index (χ1n) is 6.71. The molecule has 1 aliphatic carbocycles. The van der Waals surface area contributed by atoms with Crippen LogP contribution in [0.4, 0.5) is 0 Å². The van der Waals surface area contributed by atoms with E-state index in [1.54, 1.807) is 11.1 Å². The smallest absolute Gasteiger partial charge is 0.0134 e. The van der Waals surface area contributed by atoms with Crippen LogP contribution in [-0.2, 0) is 0 Å². The monoisotopic (exact) mass is 215 g/mol. The Morgan fingerprint density at radius 1 is 1.06 bits per heavy atom. The maximum atomic E-state index is 3.60. The summed E-state index contributed by atoms with van der Waals surface area (Å²) in [6.07, 6.45) is 5.36. The van der Waals surface area contributed by atoms with E-state index in [4.69, 9.17) is 0 Å². The van der Waals surface area contributed by atoms with Crippen molar-refractivity contribution in [3.8, 4) is 0 Å². The molecular weight excluding hydrogens is 194 g/mol. The van der Waals surface area contributed by atoms with Crippen molar-refractivity contribution in [2.45, 2.75) is 50.5 Å². The van der Waals surface area contributed by atoms with Crippen LogP contribution in [0.2, 0.25) is 0 Å². The summed E-state index contributed by atoms with van der Waals surface area (Å²) in [5.41, 5.74) is 3.10. The lowest BCUT2D eigenvalue weighted by Crippen LogP contribution is -2.24. The second-order valence-electron chi connectivity index (χ2n) is 5.30. The van der Waals surface area contributed by atoms with E-state index in [1.165, 1.54) is 32.2 Å². The normalized spacial score (nSPS) is 29.6. The van der Waals surface area contributed by atoms with E-state index in [2.05, 4.69) is 36.5 Å². The fourth-order valence-electron chi connectivity index (χ4n) is 3.03. The Hall–Kier alpha value is -0.820. The summed E-state index contributed by atoms with van der Waals surface area (Å²) >= 11 is 0. The van der Waals surface area contributed by atoms with E-state index in [0.29, 0.717) is 6.04 Å². The quantitative estimate of drug-likeness (QED) is 0.814. The third-order valence-corrected chi connectivity index (χ3v) is 4.20. The van der Waals surface area contributed by atoms with Crippen LogP contribution in [0.5, 0.6) is 0 Å². The van der Waals surface area contributed by atoms with Crippen LogP contribution in [0, 0.1) is 0 Å². The second-order valence-corrected chi connectivity index (χ2v) is 5.30. The molecule has 1 heteroatoms. The predicted octanol–water partition coefficient (Wildman–Crippen LogP) is 3.42. The zero-order chi connectivity index (χ0) is 11.0. The van der Waals surface area contributed by atoms with Crippen molar-refractivity contribution in [2.24, 2.45) is 0 Å². The van der Waals surface area contributed by atoms with Gasteiger partial charge in [-0.1, -0.05) is 31.2 Å². The van der Waals surface area contributed by atoms with Gasteiger partial charge in [0.1, 0.15) is 0 Å². The molecule has 1 aromatic carbocycles. The molecule has 0 bridgehead atoms. The van der Waals surface area contributed by atoms with Gasteiger partial charge < -0.3 is 5.32 Å². The fraction of sp³-hybridized carbons (Fsp3) is 0.600. The Labute approximate surface area is 98.3 Å². The van der Waals surface area contributed by atoms with Crippen molar-refractivity contribution in [2.75, 3.05) is 6.54 Å². The van der Waals surface area contributed by atoms with Gasteiger partial charge in [-0.15, -0.1) is 0 Å². The van der Waals surface area contributed by atoms with Gasteiger partial charge in [-0.3, -0.25) is 0 Å². The Bertz CT molecular complexity index is 350. The van der Waals surface area contributed by atoms with Gasteiger partial charge in [0.15, 0.2) is 0 Å². The highest BCUT2D eigenvalue weighted by molar-refractivity contribution is 5.31.